The molecule has 1 aromatic carbocycles. The lowest BCUT2D eigenvalue weighted by Crippen LogP contribution is -2.53. The van der Waals surface area contributed by atoms with Crippen molar-refractivity contribution in [1.29, 1.82) is 0 Å². The maximum Gasteiger partial charge on any atom is 0.336 e. The van der Waals surface area contributed by atoms with Crippen LogP contribution in [0.4, 0.5) is 5.69 Å². The van der Waals surface area contributed by atoms with E-state index >= 15 is 0 Å². The van der Waals surface area contributed by atoms with Crippen LogP contribution in [0, 0.1) is 5.92 Å². The van der Waals surface area contributed by atoms with E-state index in [0.29, 0.717) is 11.6 Å². The van der Waals surface area contributed by atoms with Crippen LogP contribution in [-0.4, -0.2) is 28.6 Å². The standard InChI is InChI=1S/C16H16N2O2/c19-16(20)12-6-7-17-14-5-4-11(8-13(12)14)18-9-10-2-1-3-15(10)18/h4-8,10,15H,1-3,9H2,(H,19,20)/t10-,15-/m1/s1. The molecule has 2 aliphatic rings. The summed E-state index contributed by atoms with van der Waals surface area (Å²) in [5, 5.41) is 10.0. The highest BCUT2D eigenvalue weighted by Gasteiger charge is 2.41. The molecule has 1 aliphatic carbocycles. The van der Waals surface area contributed by atoms with E-state index in [4.69, 9.17) is 0 Å². The first kappa shape index (κ1) is 11.7. The summed E-state index contributed by atoms with van der Waals surface area (Å²) in [7, 11) is 0. The van der Waals surface area contributed by atoms with Crippen molar-refractivity contribution in [3.05, 3.63) is 36.0 Å². The molecular weight excluding hydrogens is 252 g/mol. The van der Waals surface area contributed by atoms with Crippen molar-refractivity contribution in [2.45, 2.75) is 25.3 Å². The van der Waals surface area contributed by atoms with Crippen LogP contribution in [0.15, 0.2) is 30.5 Å². The minimum Gasteiger partial charge on any atom is -0.478 e. The summed E-state index contributed by atoms with van der Waals surface area (Å²) in [6.07, 6.45) is 5.49. The second kappa shape index (κ2) is 4.20. The number of hydrogen-bond donors (Lipinski definition) is 1. The lowest BCUT2D eigenvalue weighted by molar-refractivity contribution is 0.0699. The highest BCUT2D eigenvalue weighted by atomic mass is 16.4. The molecule has 2 aromatic rings. The number of aromatic carboxylic acids is 1. The highest BCUT2D eigenvalue weighted by molar-refractivity contribution is 6.03. The maximum atomic E-state index is 11.3. The van der Waals surface area contributed by atoms with Gasteiger partial charge >= 0.3 is 5.97 Å². The summed E-state index contributed by atoms with van der Waals surface area (Å²) < 4.78 is 0. The van der Waals surface area contributed by atoms with Crippen molar-refractivity contribution in [3.8, 4) is 0 Å². The third kappa shape index (κ3) is 1.60. The fourth-order valence-corrected chi connectivity index (χ4v) is 3.69. The summed E-state index contributed by atoms with van der Waals surface area (Å²) in [5.74, 6) is -0.0459. The number of carboxylic acids is 1. The fourth-order valence-electron chi connectivity index (χ4n) is 3.69. The monoisotopic (exact) mass is 268 g/mol. The van der Waals surface area contributed by atoms with E-state index in [9.17, 15) is 9.90 Å². The lowest BCUT2D eigenvalue weighted by Gasteiger charge is -2.46. The number of fused-ring (bicyclic) bond motifs is 2. The molecule has 2 atom stereocenters. The number of hydrogen-bond acceptors (Lipinski definition) is 3. The van der Waals surface area contributed by atoms with E-state index in [1.165, 1.54) is 19.3 Å². The van der Waals surface area contributed by atoms with Gasteiger partial charge in [0.05, 0.1) is 11.1 Å². The second-order valence-electron chi connectivity index (χ2n) is 5.78. The molecule has 1 saturated carbocycles. The van der Waals surface area contributed by atoms with Gasteiger partial charge in [0.15, 0.2) is 0 Å². The molecule has 20 heavy (non-hydrogen) atoms. The Hall–Kier alpha value is -2.10. The van der Waals surface area contributed by atoms with E-state index in [2.05, 4.69) is 16.0 Å². The summed E-state index contributed by atoms with van der Waals surface area (Å²) in [4.78, 5) is 18.0. The molecule has 0 unspecified atom stereocenters. The Bertz CT molecular complexity index is 698. The Morgan fingerprint density at radius 2 is 2.20 bits per heavy atom. The number of carbonyl (C=O) groups is 1. The van der Waals surface area contributed by atoms with Crippen molar-refractivity contribution in [2.24, 2.45) is 5.92 Å². The van der Waals surface area contributed by atoms with Crippen LogP contribution in [0.5, 0.6) is 0 Å². The van der Waals surface area contributed by atoms with Gasteiger partial charge in [0.25, 0.3) is 0 Å². The van der Waals surface area contributed by atoms with Crippen molar-refractivity contribution < 1.29 is 9.90 Å². The van der Waals surface area contributed by atoms with E-state index in [0.717, 1.165) is 29.1 Å². The van der Waals surface area contributed by atoms with Crippen LogP contribution in [0.25, 0.3) is 10.9 Å². The number of carboxylic acid groups (broad SMARTS) is 1. The molecule has 0 radical (unpaired) electrons. The van der Waals surface area contributed by atoms with Crippen molar-refractivity contribution in [1.82, 2.24) is 4.98 Å². The smallest absolute Gasteiger partial charge is 0.336 e. The zero-order valence-electron chi connectivity index (χ0n) is 11.1. The summed E-state index contributed by atoms with van der Waals surface area (Å²) in [6.45, 7) is 1.11. The molecule has 1 saturated heterocycles. The summed E-state index contributed by atoms with van der Waals surface area (Å²) in [5.41, 5.74) is 2.22. The van der Waals surface area contributed by atoms with Crippen LogP contribution >= 0.6 is 0 Å². The Labute approximate surface area is 117 Å². The zero-order valence-corrected chi connectivity index (χ0v) is 11.1. The number of anilines is 1. The Kier molecular flexibility index (Phi) is 2.46. The first-order chi connectivity index (χ1) is 9.74. The van der Waals surface area contributed by atoms with Gasteiger partial charge < -0.3 is 10.0 Å². The number of aromatic nitrogens is 1. The van der Waals surface area contributed by atoms with Gasteiger partial charge in [0.2, 0.25) is 0 Å². The normalized spacial score (nSPS) is 24.5. The van der Waals surface area contributed by atoms with Crippen LogP contribution in [0.2, 0.25) is 0 Å². The molecule has 1 aromatic heterocycles. The van der Waals surface area contributed by atoms with Gasteiger partial charge in [-0.1, -0.05) is 6.42 Å². The van der Waals surface area contributed by atoms with E-state index in [-0.39, 0.29) is 0 Å². The van der Waals surface area contributed by atoms with Gasteiger partial charge in [-0.15, -0.1) is 0 Å². The topological polar surface area (TPSA) is 53.4 Å². The zero-order chi connectivity index (χ0) is 13.7. The van der Waals surface area contributed by atoms with Gasteiger partial charge in [-0.25, -0.2) is 4.79 Å². The van der Waals surface area contributed by atoms with Crippen molar-refractivity contribution >= 4 is 22.6 Å². The SMILES string of the molecule is O=C(O)c1ccnc2ccc(N3C[C@H]4CCC[C@H]43)cc12. The quantitative estimate of drug-likeness (QED) is 0.910. The van der Waals surface area contributed by atoms with Crippen LogP contribution in [0.1, 0.15) is 29.6 Å². The molecular formula is C16H16N2O2. The average molecular weight is 268 g/mol. The molecule has 0 amide bonds. The molecule has 4 nitrogen and oxygen atoms in total. The Morgan fingerprint density at radius 1 is 1.30 bits per heavy atom. The molecule has 4 rings (SSSR count). The van der Waals surface area contributed by atoms with Gasteiger partial charge in [-0.3, -0.25) is 4.98 Å². The molecule has 1 aliphatic heterocycles. The van der Waals surface area contributed by atoms with Gasteiger partial charge in [-0.05, 0) is 43.0 Å². The first-order valence-corrected chi connectivity index (χ1v) is 7.13. The molecule has 0 bridgehead atoms. The predicted octanol–water partition coefficient (Wildman–Crippen LogP) is 2.92. The second-order valence-corrected chi connectivity index (χ2v) is 5.78. The maximum absolute atomic E-state index is 11.3. The molecule has 2 heterocycles. The predicted molar refractivity (Wildman–Crippen MR) is 77.2 cm³/mol. The van der Waals surface area contributed by atoms with Gasteiger partial charge in [0.1, 0.15) is 0 Å². The number of rotatable bonds is 2. The summed E-state index contributed by atoms with van der Waals surface area (Å²) in [6, 6.07) is 8.22. The highest BCUT2D eigenvalue weighted by Crippen LogP contribution is 2.42. The fraction of sp³-hybridized carbons (Fsp3) is 0.375. The van der Waals surface area contributed by atoms with Gasteiger partial charge in [0, 0.05) is 29.9 Å². The van der Waals surface area contributed by atoms with E-state index in [1.54, 1.807) is 12.3 Å². The average Bonchev–Trinajstić information content (AvgIpc) is 2.79. The third-order valence-corrected chi connectivity index (χ3v) is 4.74. The number of benzene rings is 1. The number of pyridine rings is 1. The molecule has 4 heteroatoms. The molecule has 2 fully saturated rings. The van der Waals surface area contributed by atoms with Crippen molar-refractivity contribution in [2.75, 3.05) is 11.4 Å². The van der Waals surface area contributed by atoms with E-state index < -0.39 is 5.97 Å². The third-order valence-electron chi connectivity index (χ3n) is 4.74. The van der Waals surface area contributed by atoms with Crippen LogP contribution in [-0.2, 0) is 0 Å². The van der Waals surface area contributed by atoms with Gasteiger partial charge in [-0.2, -0.15) is 0 Å². The first-order valence-electron chi connectivity index (χ1n) is 7.13. The summed E-state index contributed by atoms with van der Waals surface area (Å²) >= 11 is 0. The lowest BCUT2D eigenvalue weighted by atomic mass is 9.91. The molecule has 102 valence electrons. The number of nitrogens with zero attached hydrogens (tertiary/aromatic N) is 2. The Balaban J connectivity index is 1.78. The van der Waals surface area contributed by atoms with E-state index in [1.807, 2.05) is 12.1 Å². The Morgan fingerprint density at radius 3 is 3.00 bits per heavy atom. The molecule has 1 N–H and O–H groups in total. The van der Waals surface area contributed by atoms with Crippen LogP contribution in [0.3, 0.4) is 0 Å². The largest absolute Gasteiger partial charge is 0.478 e. The minimum atomic E-state index is -0.892. The minimum absolute atomic E-state index is 0.334. The van der Waals surface area contributed by atoms with Crippen molar-refractivity contribution in [3.63, 3.8) is 0 Å². The van der Waals surface area contributed by atoms with Crippen LogP contribution < -0.4 is 4.90 Å². The molecule has 0 spiro atoms.